The number of hydrogen-bond donors (Lipinski definition) is 1. The first-order valence-corrected chi connectivity index (χ1v) is 12.7. The first-order valence-electron chi connectivity index (χ1n) is 11.7. The highest BCUT2D eigenvalue weighted by Gasteiger charge is 2.20. The third kappa shape index (κ3) is 5.74. The van der Waals surface area contributed by atoms with Crippen LogP contribution in [0.3, 0.4) is 0 Å². The number of anilines is 2. The summed E-state index contributed by atoms with van der Waals surface area (Å²) >= 11 is 1.34. The number of aromatic nitrogens is 2. The molecule has 0 aliphatic carbocycles. The molecule has 1 N–H and O–H groups in total. The second-order valence-electron chi connectivity index (χ2n) is 8.58. The van der Waals surface area contributed by atoms with Crippen molar-refractivity contribution in [2.45, 2.75) is 39.4 Å². The lowest BCUT2D eigenvalue weighted by Crippen LogP contribution is -2.33. The van der Waals surface area contributed by atoms with E-state index in [1.54, 1.807) is 4.90 Å². The van der Waals surface area contributed by atoms with Gasteiger partial charge in [0.25, 0.3) is 0 Å². The van der Waals surface area contributed by atoms with Gasteiger partial charge in [-0.25, -0.2) is 4.98 Å². The molecule has 0 spiro atoms. The van der Waals surface area contributed by atoms with Gasteiger partial charge in [-0.3, -0.25) is 9.59 Å². The van der Waals surface area contributed by atoms with E-state index in [0.717, 1.165) is 33.5 Å². The molecule has 0 saturated heterocycles. The SMILES string of the molecule is CCN(C(=O)Cn1c(SCC(=O)Nc2ccc(C)c(C)c2)nc2ccccc21)c1cccc(C)c1. The minimum atomic E-state index is -0.113. The summed E-state index contributed by atoms with van der Waals surface area (Å²) in [5, 5.41) is 3.60. The molecular formula is C28H30N4O2S. The highest BCUT2D eigenvalue weighted by Crippen LogP contribution is 2.26. The summed E-state index contributed by atoms with van der Waals surface area (Å²) in [5.74, 6) is 0.0561. The van der Waals surface area contributed by atoms with Gasteiger partial charge >= 0.3 is 0 Å². The minimum absolute atomic E-state index is 0.0253. The van der Waals surface area contributed by atoms with Crippen molar-refractivity contribution in [3.05, 3.63) is 83.4 Å². The highest BCUT2D eigenvalue weighted by molar-refractivity contribution is 7.99. The second-order valence-corrected chi connectivity index (χ2v) is 9.52. The molecule has 0 atom stereocenters. The van der Waals surface area contributed by atoms with E-state index in [1.807, 2.05) is 99.0 Å². The molecule has 180 valence electrons. The van der Waals surface area contributed by atoms with Gasteiger partial charge in [0.1, 0.15) is 6.54 Å². The van der Waals surface area contributed by atoms with Crippen LogP contribution in [0.25, 0.3) is 11.0 Å². The average molecular weight is 487 g/mol. The van der Waals surface area contributed by atoms with E-state index in [1.165, 1.54) is 17.3 Å². The van der Waals surface area contributed by atoms with Crippen LogP contribution in [0.4, 0.5) is 11.4 Å². The highest BCUT2D eigenvalue weighted by atomic mass is 32.2. The van der Waals surface area contributed by atoms with Crippen LogP contribution in [0.5, 0.6) is 0 Å². The van der Waals surface area contributed by atoms with E-state index in [9.17, 15) is 9.59 Å². The first kappa shape index (κ1) is 24.5. The van der Waals surface area contributed by atoms with Crippen molar-refractivity contribution < 1.29 is 9.59 Å². The number of benzene rings is 3. The number of imidazole rings is 1. The quantitative estimate of drug-likeness (QED) is 0.322. The van der Waals surface area contributed by atoms with Crippen LogP contribution in [0, 0.1) is 20.8 Å². The zero-order chi connectivity index (χ0) is 24.9. The number of hydrogen-bond acceptors (Lipinski definition) is 4. The molecule has 7 heteroatoms. The van der Waals surface area contributed by atoms with Gasteiger partial charge in [-0.1, -0.05) is 42.1 Å². The van der Waals surface area contributed by atoms with Crippen molar-refractivity contribution in [3.8, 4) is 0 Å². The van der Waals surface area contributed by atoms with Crippen molar-refractivity contribution in [2.75, 3.05) is 22.5 Å². The Kier molecular flexibility index (Phi) is 7.56. The molecule has 3 aromatic carbocycles. The van der Waals surface area contributed by atoms with E-state index in [4.69, 9.17) is 4.98 Å². The summed E-state index contributed by atoms with van der Waals surface area (Å²) < 4.78 is 1.91. The first-order chi connectivity index (χ1) is 16.9. The summed E-state index contributed by atoms with van der Waals surface area (Å²) in [6.07, 6.45) is 0. The monoisotopic (exact) mass is 486 g/mol. The van der Waals surface area contributed by atoms with Crippen LogP contribution in [-0.2, 0) is 16.1 Å². The number of nitrogens with one attached hydrogen (secondary N) is 1. The number of amides is 2. The van der Waals surface area contributed by atoms with Crippen LogP contribution in [0.15, 0.2) is 71.9 Å². The fourth-order valence-electron chi connectivity index (χ4n) is 3.98. The normalized spacial score (nSPS) is 11.0. The van der Waals surface area contributed by atoms with Gasteiger partial charge in [-0.05, 0) is 80.8 Å². The van der Waals surface area contributed by atoms with E-state index in [0.29, 0.717) is 11.7 Å². The molecule has 0 bridgehead atoms. The average Bonchev–Trinajstić information content (AvgIpc) is 3.18. The van der Waals surface area contributed by atoms with E-state index >= 15 is 0 Å². The predicted octanol–water partition coefficient (Wildman–Crippen LogP) is 5.75. The van der Waals surface area contributed by atoms with Crippen molar-refractivity contribution in [1.29, 1.82) is 0 Å². The molecule has 0 aliphatic rings. The van der Waals surface area contributed by atoms with Crippen LogP contribution in [0.1, 0.15) is 23.6 Å². The van der Waals surface area contributed by atoms with Gasteiger partial charge in [-0.15, -0.1) is 0 Å². The fraction of sp³-hybridized carbons (Fsp3) is 0.250. The Labute approximate surface area is 210 Å². The van der Waals surface area contributed by atoms with E-state index < -0.39 is 0 Å². The molecule has 2 amide bonds. The molecule has 4 aromatic rings. The second kappa shape index (κ2) is 10.8. The number of carbonyl (C=O) groups is 2. The molecule has 1 heterocycles. The summed E-state index contributed by atoms with van der Waals surface area (Å²) in [4.78, 5) is 32.5. The molecule has 0 aliphatic heterocycles. The van der Waals surface area contributed by atoms with Gasteiger partial charge in [0.05, 0.1) is 16.8 Å². The van der Waals surface area contributed by atoms with Crippen LogP contribution >= 0.6 is 11.8 Å². The standard InChI is InChI=1S/C28H30N4O2S/c1-5-31(23-10-8-9-19(2)15-23)27(34)17-32-25-12-7-6-11-24(25)30-28(32)35-18-26(33)29-22-14-13-20(3)21(4)16-22/h6-16H,5,17-18H2,1-4H3,(H,29,33). The van der Waals surface area contributed by atoms with E-state index in [2.05, 4.69) is 5.32 Å². The zero-order valence-corrected chi connectivity index (χ0v) is 21.4. The maximum Gasteiger partial charge on any atom is 0.247 e. The number of likely N-dealkylation sites (N-methyl/N-ethyl adjacent to an activating group) is 1. The Balaban J connectivity index is 1.53. The maximum absolute atomic E-state index is 13.4. The van der Waals surface area contributed by atoms with Gasteiger partial charge in [0.15, 0.2) is 5.16 Å². The summed E-state index contributed by atoms with van der Waals surface area (Å²) in [7, 11) is 0. The lowest BCUT2D eigenvalue weighted by atomic mass is 10.1. The van der Waals surface area contributed by atoms with Crippen LogP contribution < -0.4 is 10.2 Å². The largest absolute Gasteiger partial charge is 0.325 e. The number of fused-ring (bicyclic) bond motifs is 1. The Morgan fingerprint density at radius 2 is 1.77 bits per heavy atom. The third-order valence-electron chi connectivity index (χ3n) is 5.97. The van der Waals surface area contributed by atoms with Crippen LogP contribution in [0.2, 0.25) is 0 Å². The Bertz CT molecular complexity index is 1380. The third-order valence-corrected chi connectivity index (χ3v) is 6.94. The zero-order valence-electron chi connectivity index (χ0n) is 20.5. The topological polar surface area (TPSA) is 67.2 Å². The molecule has 0 unspecified atom stereocenters. The molecule has 35 heavy (non-hydrogen) atoms. The molecule has 0 radical (unpaired) electrons. The Morgan fingerprint density at radius 1 is 0.971 bits per heavy atom. The number of nitrogens with zero attached hydrogens (tertiary/aromatic N) is 3. The van der Waals surface area contributed by atoms with Gasteiger partial charge in [-0.2, -0.15) is 0 Å². The van der Waals surface area contributed by atoms with Crippen LogP contribution in [-0.4, -0.2) is 33.7 Å². The Hall–Kier alpha value is -3.58. The number of aryl methyl sites for hydroxylation is 3. The molecule has 0 saturated carbocycles. The van der Waals surface area contributed by atoms with Crippen molar-refractivity contribution >= 4 is 46.0 Å². The molecule has 1 aromatic heterocycles. The fourth-order valence-corrected chi connectivity index (χ4v) is 4.80. The summed E-state index contributed by atoms with van der Waals surface area (Å²) in [6.45, 7) is 8.76. The number of rotatable bonds is 8. The van der Waals surface area contributed by atoms with Gasteiger partial charge in [0, 0.05) is 17.9 Å². The van der Waals surface area contributed by atoms with Crippen molar-refractivity contribution in [2.24, 2.45) is 0 Å². The predicted molar refractivity (Wildman–Crippen MR) is 144 cm³/mol. The summed E-state index contributed by atoms with van der Waals surface area (Å²) in [5.41, 5.74) is 6.75. The van der Waals surface area contributed by atoms with Gasteiger partial charge in [0.2, 0.25) is 11.8 Å². The van der Waals surface area contributed by atoms with Crippen molar-refractivity contribution in [3.63, 3.8) is 0 Å². The lowest BCUT2D eigenvalue weighted by Gasteiger charge is -2.22. The van der Waals surface area contributed by atoms with Crippen molar-refractivity contribution in [1.82, 2.24) is 9.55 Å². The number of thioether (sulfide) groups is 1. The molecule has 0 fully saturated rings. The molecular weight excluding hydrogens is 456 g/mol. The number of para-hydroxylation sites is 2. The molecule has 6 nitrogen and oxygen atoms in total. The maximum atomic E-state index is 13.4. The van der Waals surface area contributed by atoms with E-state index in [-0.39, 0.29) is 24.1 Å². The number of carbonyl (C=O) groups excluding carboxylic acids is 2. The lowest BCUT2D eigenvalue weighted by molar-refractivity contribution is -0.119. The smallest absolute Gasteiger partial charge is 0.247 e. The summed E-state index contributed by atoms with van der Waals surface area (Å²) in [6, 6.07) is 21.6. The molecule has 4 rings (SSSR count). The van der Waals surface area contributed by atoms with Gasteiger partial charge < -0.3 is 14.8 Å². The minimum Gasteiger partial charge on any atom is -0.325 e. The Morgan fingerprint density at radius 3 is 2.51 bits per heavy atom.